The minimum absolute atomic E-state index is 0.961. The largest absolute Gasteiger partial charge is 0.254 e. The van der Waals surface area contributed by atoms with E-state index in [2.05, 4.69) is 117 Å². The van der Waals surface area contributed by atoms with Crippen molar-refractivity contribution in [1.82, 2.24) is 9.97 Å². The van der Waals surface area contributed by atoms with Gasteiger partial charge in [-0.3, -0.25) is 4.98 Å². The Balaban J connectivity index is 1.62. The fraction of sp³-hybridized carbons (Fsp3) is 0.0625. The maximum absolute atomic E-state index is 5.18. The van der Waals surface area contributed by atoms with E-state index in [0.29, 0.717) is 0 Å². The summed E-state index contributed by atoms with van der Waals surface area (Å²) >= 11 is 0. The zero-order valence-corrected chi connectivity index (χ0v) is 19.3. The Hall–Kier alpha value is -4.30. The fourth-order valence-corrected chi connectivity index (χ4v) is 4.73. The summed E-state index contributed by atoms with van der Waals surface area (Å²) in [6, 6.07) is 36.5. The molecule has 0 aliphatic rings. The molecule has 0 bridgehead atoms. The highest BCUT2D eigenvalue weighted by molar-refractivity contribution is 6.05. The predicted molar refractivity (Wildman–Crippen MR) is 143 cm³/mol. The lowest BCUT2D eigenvalue weighted by Gasteiger charge is -2.13. The Labute approximate surface area is 199 Å². The summed E-state index contributed by atoms with van der Waals surface area (Å²) in [6.45, 7) is 4.29. The van der Waals surface area contributed by atoms with Crippen LogP contribution >= 0.6 is 0 Å². The Bertz CT molecular complexity index is 1590. The van der Waals surface area contributed by atoms with Crippen molar-refractivity contribution in [2.24, 2.45) is 0 Å². The molecule has 2 nitrogen and oxygen atoms in total. The van der Waals surface area contributed by atoms with Crippen molar-refractivity contribution >= 4 is 21.8 Å². The number of hydrogen-bond donors (Lipinski definition) is 0. The van der Waals surface area contributed by atoms with Gasteiger partial charge in [-0.1, -0.05) is 72.8 Å². The molecule has 2 aromatic heterocycles. The Morgan fingerprint density at radius 2 is 1.03 bits per heavy atom. The monoisotopic (exact) mass is 436 g/mol. The molecule has 0 N–H and O–H groups in total. The van der Waals surface area contributed by atoms with Crippen molar-refractivity contribution in [3.8, 4) is 33.5 Å². The molecule has 4 aromatic carbocycles. The molecule has 162 valence electrons. The van der Waals surface area contributed by atoms with Crippen LogP contribution in [0.5, 0.6) is 0 Å². The lowest BCUT2D eigenvalue weighted by Crippen LogP contribution is -1.93. The summed E-state index contributed by atoms with van der Waals surface area (Å²) in [5.74, 6) is 0. The van der Waals surface area contributed by atoms with Crippen molar-refractivity contribution in [2.45, 2.75) is 13.8 Å². The highest BCUT2D eigenvalue weighted by atomic mass is 14.8. The van der Waals surface area contributed by atoms with Gasteiger partial charge < -0.3 is 0 Å². The number of rotatable bonds is 3. The summed E-state index contributed by atoms with van der Waals surface area (Å²) in [5, 5.41) is 2.30. The van der Waals surface area contributed by atoms with Crippen molar-refractivity contribution < 1.29 is 0 Å². The van der Waals surface area contributed by atoms with Crippen LogP contribution in [0.15, 0.2) is 109 Å². The zero-order chi connectivity index (χ0) is 23.1. The van der Waals surface area contributed by atoms with Gasteiger partial charge in [-0.15, -0.1) is 0 Å². The summed E-state index contributed by atoms with van der Waals surface area (Å²) in [5.41, 5.74) is 11.2. The second-order valence-electron chi connectivity index (χ2n) is 8.84. The molecular formula is C32H24N2. The number of pyridine rings is 2. The highest BCUT2D eigenvalue weighted by Gasteiger charge is 2.13. The maximum Gasteiger partial charge on any atom is 0.0974 e. The van der Waals surface area contributed by atoms with Crippen LogP contribution in [0.3, 0.4) is 0 Å². The SMILES string of the molecule is Cc1ccnc2c1ccc1c(C)cc(-c3cc(-c4ccccc4)cc(-c4ccccc4)c3)nc12. The average Bonchev–Trinajstić information content (AvgIpc) is 2.89. The van der Waals surface area contributed by atoms with Crippen molar-refractivity contribution in [3.63, 3.8) is 0 Å². The van der Waals surface area contributed by atoms with Gasteiger partial charge >= 0.3 is 0 Å². The average molecular weight is 437 g/mol. The van der Waals surface area contributed by atoms with Gasteiger partial charge in [0, 0.05) is 22.5 Å². The van der Waals surface area contributed by atoms with E-state index in [-0.39, 0.29) is 0 Å². The van der Waals surface area contributed by atoms with Crippen LogP contribution in [0.4, 0.5) is 0 Å². The molecule has 34 heavy (non-hydrogen) atoms. The van der Waals surface area contributed by atoms with Crippen LogP contribution < -0.4 is 0 Å². The van der Waals surface area contributed by atoms with Crippen LogP contribution in [0.25, 0.3) is 55.3 Å². The molecule has 0 amide bonds. The van der Waals surface area contributed by atoms with Gasteiger partial charge in [0.15, 0.2) is 0 Å². The molecule has 0 unspecified atom stereocenters. The maximum atomic E-state index is 5.18. The van der Waals surface area contributed by atoms with E-state index in [0.717, 1.165) is 33.1 Å². The second kappa shape index (κ2) is 8.24. The first-order valence-corrected chi connectivity index (χ1v) is 11.6. The molecule has 0 fully saturated rings. The molecule has 6 rings (SSSR count). The Morgan fingerprint density at radius 1 is 0.471 bits per heavy atom. The van der Waals surface area contributed by atoms with E-state index in [4.69, 9.17) is 9.97 Å². The predicted octanol–water partition coefficient (Wildman–Crippen LogP) is 8.40. The number of aromatic nitrogens is 2. The topological polar surface area (TPSA) is 25.8 Å². The quantitative estimate of drug-likeness (QED) is 0.260. The van der Waals surface area contributed by atoms with E-state index in [1.807, 2.05) is 6.20 Å². The van der Waals surface area contributed by atoms with Crippen molar-refractivity contribution in [3.05, 3.63) is 120 Å². The van der Waals surface area contributed by atoms with E-state index in [1.165, 1.54) is 33.4 Å². The molecule has 0 aliphatic carbocycles. The first kappa shape index (κ1) is 20.3. The summed E-state index contributed by atoms with van der Waals surface area (Å²) in [7, 11) is 0. The van der Waals surface area contributed by atoms with Crippen molar-refractivity contribution in [2.75, 3.05) is 0 Å². The third-order valence-corrected chi connectivity index (χ3v) is 6.56. The first-order valence-electron chi connectivity index (χ1n) is 11.6. The molecule has 0 spiro atoms. The standard InChI is InChI=1S/C32H24N2/c1-21-15-16-33-31-28(21)13-14-29-22(2)17-30(34-32(29)31)27-19-25(23-9-5-3-6-10-23)18-26(20-27)24-11-7-4-8-12-24/h3-20H,1-2H3. The third kappa shape index (κ3) is 3.54. The molecule has 0 saturated heterocycles. The van der Waals surface area contributed by atoms with Gasteiger partial charge in [-0.05, 0) is 77.6 Å². The smallest absolute Gasteiger partial charge is 0.0974 e. The number of nitrogens with zero attached hydrogens (tertiary/aromatic N) is 2. The second-order valence-corrected chi connectivity index (χ2v) is 8.84. The van der Waals surface area contributed by atoms with E-state index < -0.39 is 0 Å². The van der Waals surface area contributed by atoms with Gasteiger partial charge in [0.1, 0.15) is 0 Å². The van der Waals surface area contributed by atoms with Gasteiger partial charge in [0.2, 0.25) is 0 Å². The molecule has 0 radical (unpaired) electrons. The normalized spacial score (nSPS) is 11.2. The molecule has 2 heterocycles. The van der Waals surface area contributed by atoms with E-state index in [1.54, 1.807) is 0 Å². The zero-order valence-electron chi connectivity index (χ0n) is 19.3. The number of hydrogen-bond acceptors (Lipinski definition) is 2. The van der Waals surface area contributed by atoms with Crippen molar-refractivity contribution in [1.29, 1.82) is 0 Å². The van der Waals surface area contributed by atoms with Crippen LogP contribution in [-0.2, 0) is 0 Å². The molecular weight excluding hydrogens is 412 g/mol. The van der Waals surface area contributed by atoms with Crippen LogP contribution in [0.1, 0.15) is 11.1 Å². The van der Waals surface area contributed by atoms with Gasteiger partial charge in [0.25, 0.3) is 0 Å². The lowest BCUT2D eigenvalue weighted by atomic mass is 9.94. The van der Waals surface area contributed by atoms with Gasteiger partial charge in [-0.2, -0.15) is 0 Å². The van der Waals surface area contributed by atoms with E-state index >= 15 is 0 Å². The lowest BCUT2D eigenvalue weighted by molar-refractivity contribution is 1.33. The summed E-state index contributed by atoms with van der Waals surface area (Å²) in [4.78, 5) is 9.90. The van der Waals surface area contributed by atoms with Gasteiger partial charge in [-0.25, -0.2) is 4.98 Å². The number of fused-ring (bicyclic) bond motifs is 3. The highest BCUT2D eigenvalue weighted by Crippen LogP contribution is 2.35. The van der Waals surface area contributed by atoms with Crippen LogP contribution in [0, 0.1) is 13.8 Å². The van der Waals surface area contributed by atoms with E-state index in [9.17, 15) is 0 Å². The summed E-state index contributed by atoms with van der Waals surface area (Å²) in [6.07, 6.45) is 1.88. The fourth-order valence-electron chi connectivity index (χ4n) is 4.73. The Morgan fingerprint density at radius 3 is 1.65 bits per heavy atom. The molecule has 0 aliphatic heterocycles. The third-order valence-electron chi connectivity index (χ3n) is 6.56. The van der Waals surface area contributed by atoms with Crippen LogP contribution in [-0.4, -0.2) is 9.97 Å². The number of aryl methyl sites for hydroxylation is 2. The summed E-state index contributed by atoms with van der Waals surface area (Å²) < 4.78 is 0. The molecule has 2 heteroatoms. The number of benzene rings is 4. The minimum Gasteiger partial charge on any atom is -0.254 e. The molecule has 0 atom stereocenters. The van der Waals surface area contributed by atoms with Gasteiger partial charge in [0.05, 0.1) is 16.7 Å². The molecule has 0 saturated carbocycles. The Kier molecular flexibility index (Phi) is 4.92. The molecule has 6 aromatic rings. The van der Waals surface area contributed by atoms with Crippen LogP contribution in [0.2, 0.25) is 0 Å². The first-order chi connectivity index (χ1) is 16.7. The minimum atomic E-state index is 0.961.